The van der Waals surface area contributed by atoms with Crippen molar-refractivity contribution in [2.45, 2.75) is 24.6 Å². The number of aliphatic hydroxyl groups is 1. The fourth-order valence-electron chi connectivity index (χ4n) is 1.18. The molecular formula is C7H12O4. The smallest absolute Gasteiger partial charge is 0.184 e. The van der Waals surface area contributed by atoms with E-state index in [4.69, 9.17) is 26.2 Å². The fourth-order valence-corrected chi connectivity index (χ4v) is 1.18. The summed E-state index contributed by atoms with van der Waals surface area (Å²) >= 11 is 0. The number of methoxy groups -OCH3 is 2. The van der Waals surface area contributed by atoms with E-state index in [0.717, 1.165) is 0 Å². The van der Waals surface area contributed by atoms with Crippen LogP contribution in [0.2, 0.25) is 0 Å². The van der Waals surface area contributed by atoms with E-state index in [1.54, 1.807) is 0 Å². The van der Waals surface area contributed by atoms with Crippen LogP contribution in [0.5, 0.6) is 0 Å². The lowest BCUT2D eigenvalue weighted by Crippen LogP contribution is -2.35. The number of hydrogen-bond donors (Lipinski definition) is 1. The molecule has 1 heterocycles. The Kier molecular flexibility index (Phi) is 2.84. The molecular weight excluding hydrogens is 148 g/mol. The third-order valence-electron chi connectivity index (χ3n) is 1.77. The Bertz CT molecular complexity index is 114. The molecule has 1 N–H and O–H groups in total. The molecule has 4 heteroatoms. The second-order valence-electron chi connectivity index (χ2n) is 2.39. The lowest BCUT2D eigenvalue weighted by molar-refractivity contribution is -0.131. The van der Waals surface area contributed by atoms with E-state index in [2.05, 4.69) is 0 Å². The largest absolute Gasteiger partial charge is 0.376 e. The van der Waals surface area contributed by atoms with Gasteiger partial charge in [0, 0.05) is 14.2 Å². The SMILES string of the molecule is [CH]C1OC(O)[C@@H](OC)[C@H]1OC. The summed E-state index contributed by atoms with van der Waals surface area (Å²) in [4.78, 5) is 0. The van der Waals surface area contributed by atoms with E-state index in [1.807, 2.05) is 0 Å². The van der Waals surface area contributed by atoms with Crippen molar-refractivity contribution in [1.29, 1.82) is 0 Å². The summed E-state index contributed by atoms with van der Waals surface area (Å²) in [6.07, 6.45) is -2.48. The summed E-state index contributed by atoms with van der Waals surface area (Å²) < 4.78 is 14.7. The van der Waals surface area contributed by atoms with Crippen molar-refractivity contribution in [2.75, 3.05) is 14.2 Å². The van der Waals surface area contributed by atoms with Crippen LogP contribution in [0.25, 0.3) is 0 Å². The maximum Gasteiger partial charge on any atom is 0.184 e. The van der Waals surface area contributed by atoms with Gasteiger partial charge in [-0.25, -0.2) is 0 Å². The Balaban J connectivity index is 2.59. The predicted octanol–water partition coefficient (Wildman–Crippen LogP) is -0.555. The van der Waals surface area contributed by atoms with Crippen molar-refractivity contribution in [2.24, 2.45) is 0 Å². The monoisotopic (exact) mass is 160 g/mol. The number of ether oxygens (including phenoxy) is 3. The number of hydrogen-bond acceptors (Lipinski definition) is 4. The van der Waals surface area contributed by atoms with Gasteiger partial charge < -0.3 is 19.3 Å². The Morgan fingerprint density at radius 1 is 1.27 bits per heavy atom. The van der Waals surface area contributed by atoms with E-state index >= 15 is 0 Å². The Hall–Kier alpha value is -0.160. The van der Waals surface area contributed by atoms with E-state index in [0.29, 0.717) is 0 Å². The molecule has 0 aliphatic carbocycles. The van der Waals surface area contributed by atoms with Crippen LogP contribution in [0.1, 0.15) is 0 Å². The first kappa shape index (κ1) is 8.93. The Morgan fingerprint density at radius 3 is 2.18 bits per heavy atom. The van der Waals surface area contributed by atoms with Crippen molar-refractivity contribution in [3.63, 3.8) is 0 Å². The molecule has 1 saturated heterocycles. The summed E-state index contributed by atoms with van der Waals surface area (Å²) in [5, 5.41) is 9.15. The van der Waals surface area contributed by atoms with E-state index in [1.165, 1.54) is 14.2 Å². The van der Waals surface area contributed by atoms with Crippen LogP contribution < -0.4 is 0 Å². The highest BCUT2D eigenvalue weighted by Gasteiger charge is 2.42. The molecule has 0 aromatic heterocycles. The van der Waals surface area contributed by atoms with Gasteiger partial charge in [-0.3, -0.25) is 0 Å². The standard InChI is InChI=1S/C7H12O4/c1-4-5(9-2)6(10-3)7(8)11-4/h1,4-8H,2-3H3/t4?,5-,6-,7?/m0/s1. The van der Waals surface area contributed by atoms with Gasteiger partial charge in [-0.2, -0.15) is 0 Å². The highest BCUT2D eigenvalue weighted by Crippen LogP contribution is 2.23. The maximum atomic E-state index is 9.15. The molecule has 2 unspecified atom stereocenters. The van der Waals surface area contributed by atoms with Crippen LogP contribution in [0, 0.1) is 6.92 Å². The first-order valence-electron chi connectivity index (χ1n) is 3.35. The van der Waals surface area contributed by atoms with Gasteiger partial charge in [0.2, 0.25) is 0 Å². The topological polar surface area (TPSA) is 47.9 Å². The van der Waals surface area contributed by atoms with Crippen LogP contribution in [0.15, 0.2) is 0 Å². The molecule has 1 aliphatic heterocycles. The molecule has 0 amide bonds. The first-order chi connectivity index (χ1) is 5.20. The van der Waals surface area contributed by atoms with Gasteiger partial charge in [-0.15, -0.1) is 0 Å². The maximum absolute atomic E-state index is 9.15. The molecule has 1 fully saturated rings. The van der Waals surface area contributed by atoms with Crippen molar-refractivity contribution in [1.82, 2.24) is 0 Å². The minimum absolute atomic E-state index is 0.394. The summed E-state index contributed by atoms with van der Waals surface area (Å²) in [5.74, 6) is 0. The quantitative estimate of drug-likeness (QED) is 0.588. The molecule has 1 rings (SSSR count). The molecule has 11 heavy (non-hydrogen) atoms. The van der Waals surface area contributed by atoms with Gasteiger partial charge in [0.25, 0.3) is 0 Å². The third-order valence-corrected chi connectivity index (χ3v) is 1.77. The molecule has 0 bridgehead atoms. The summed E-state index contributed by atoms with van der Waals surface area (Å²) in [6, 6.07) is 0. The van der Waals surface area contributed by atoms with Crippen molar-refractivity contribution in [3.8, 4) is 0 Å². The van der Waals surface area contributed by atoms with Crippen molar-refractivity contribution >= 4 is 0 Å². The highest BCUT2D eigenvalue weighted by molar-refractivity contribution is 4.89. The zero-order valence-corrected chi connectivity index (χ0v) is 6.56. The molecule has 4 atom stereocenters. The molecule has 64 valence electrons. The highest BCUT2D eigenvalue weighted by atomic mass is 16.7. The first-order valence-corrected chi connectivity index (χ1v) is 3.35. The minimum Gasteiger partial charge on any atom is -0.376 e. The van der Waals surface area contributed by atoms with Crippen LogP contribution in [-0.2, 0) is 14.2 Å². The van der Waals surface area contributed by atoms with Gasteiger partial charge in [0.15, 0.2) is 6.29 Å². The molecule has 0 spiro atoms. The zero-order chi connectivity index (χ0) is 8.43. The molecule has 0 aromatic carbocycles. The lowest BCUT2D eigenvalue weighted by atomic mass is 10.1. The average Bonchev–Trinajstić information content (AvgIpc) is 2.24. The minimum atomic E-state index is -0.986. The predicted molar refractivity (Wildman–Crippen MR) is 36.8 cm³/mol. The molecule has 0 aromatic rings. The Labute approximate surface area is 66.1 Å². The van der Waals surface area contributed by atoms with Crippen LogP contribution in [0.3, 0.4) is 0 Å². The lowest BCUT2D eigenvalue weighted by Gasteiger charge is -2.17. The van der Waals surface area contributed by atoms with Crippen LogP contribution in [0.4, 0.5) is 0 Å². The van der Waals surface area contributed by atoms with Gasteiger partial charge in [-0.1, -0.05) is 0 Å². The zero-order valence-electron chi connectivity index (χ0n) is 6.56. The summed E-state index contributed by atoms with van der Waals surface area (Å²) in [6.45, 7) is 5.46. The van der Waals surface area contributed by atoms with Crippen LogP contribution >= 0.6 is 0 Å². The summed E-state index contributed by atoms with van der Waals surface area (Å²) in [5.41, 5.74) is 0. The molecule has 4 nitrogen and oxygen atoms in total. The normalized spacial score (nSPS) is 44.7. The van der Waals surface area contributed by atoms with E-state index in [9.17, 15) is 0 Å². The van der Waals surface area contributed by atoms with E-state index < -0.39 is 24.6 Å². The molecule has 1 aliphatic rings. The second-order valence-corrected chi connectivity index (χ2v) is 2.39. The second kappa shape index (κ2) is 3.49. The number of aliphatic hydroxyl groups excluding tert-OH is 1. The third kappa shape index (κ3) is 1.54. The number of rotatable bonds is 2. The van der Waals surface area contributed by atoms with Gasteiger partial charge >= 0.3 is 0 Å². The molecule has 0 saturated carbocycles. The van der Waals surface area contributed by atoms with Crippen molar-refractivity contribution in [3.05, 3.63) is 6.92 Å². The van der Waals surface area contributed by atoms with Gasteiger partial charge in [0.05, 0.1) is 6.10 Å². The summed E-state index contributed by atoms with van der Waals surface area (Å²) in [7, 11) is 2.97. The fraction of sp³-hybridized carbons (Fsp3) is 0.857. The van der Waals surface area contributed by atoms with Crippen LogP contribution in [-0.4, -0.2) is 43.9 Å². The van der Waals surface area contributed by atoms with E-state index in [-0.39, 0.29) is 0 Å². The van der Waals surface area contributed by atoms with Gasteiger partial charge in [-0.05, 0) is 6.92 Å². The van der Waals surface area contributed by atoms with Gasteiger partial charge in [0.1, 0.15) is 12.2 Å². The molecule has 2 radical (unpaired) electrons. The van der Waals surface area contributed by atoms with Crippen molar-refractivity contribution < 1.29 is 19.3 Å². The average molecular weight is 160 g/mol. The Morgan fingerprint density at radius 2 is 1.82 bits per heavy atom.